The molecule has 5 rings (SSSR count). The second-order valence-electron chi connectivity index (χ2n) is 10.4. The van der Waals surface area contributed by atoms with Gasteiger partial charge in [0.05, 0.1) is 17.7 Å². The van der Waals surface area contributed by atoms with Crippen molar-refractivity contribution in [3.8, 4) is 5.75 Å². The second kappa shape index (κ2) is 10.9. The summed E-state index contributed by atoms with van der Waals surface area (Å²) < 4.78 is 5.83. The standard InChI is InChI=1S/C31H34N4O4/c1-20(2)39-26-10-5-23(19-21(26)3)29(36)27-28(22-11-13-32-14-12-22)35(31(38)30(27)37)25-8-6-24(7-9-25)34-17-15-33(4)16-18-34/h5-14,19-20,28,36H,15-18H2,1-4H3/b29-27-. The highest BCUT2D eigenvalue weighted by molar-refractivity contribution is 6.51. The van der Waals surface area contributed by atoms with Crippen LogP contribution in [0.4, 0.5) is 11.4 Å². The number of nitrogens with zero attached hydrogens (tertiary/aromatic N) is 4. The maximum absolute atomic E-state index is 13.5. The lowest BCUT2D eigenvalue weighted by Crippen LogP contribution is -2.44. The van der Waals surface area contributed by atoms with Crippen LogP contribution in [0.5, 0.6) is 5.75 Å². The first-order valence-corrected chi connectivity index (χ1v) is 13.3. The van der Waals surface area contributed by atoms with E-state index in [4.69, 9.17) is 4.74 Å². The van der Waals surface area contributed by atoms with Crippen molar-refractivity contribution in [1.82, 2.24) is 9.88 Å². The quantitative estimate of drug-likeness (QED) is 0.286. The summed E-state index contributed by atoms with van der Waals surface area (Å²) in [5, 5.41) is 11.5. The molecule has 1 amide bonds. The maximum atomic E-state index is 13.5. The van der Waals surface area contributed by atoms with Crippen LogP contribution in [0.25, 0.3) is 5.76 Å². The third-order valence-corrected chi connectivity index (χ3v) is 7.27. The van der Waals surface area contributed by atoms with Crippen molar-refractivity contribution in [2.45, 2.75) is 32.9 Å². The van der Waals surface area contributed by atoms with Crippen molar-refractivity contribution in [3.05, 3.63) is 89.3 Å². The molecule has 1 unspecified atom stereocenters. The van der Waals surface area contributed by atoms with Crippen LogP contribution in [0, 0.1) is 6.92 Å². The first-order valence-electron chi connectivity index (χ1n) is 13.3. The lowest BCUT2D eigenvalue weighted by Gasteiger charge is -2.34. The lowest BCUT2D eigenvalue weighted by atomic mass is 9.95. The predicted octanol–water partition coefficient (Wildman–Crippen LogP) is 4.56. The molecule has 0 bridgehead atoms. The maximum Gasteiger partial charge on any atom is 0.300 e. The van der Waals surface area contributed by atoms with Gasteiger partial charge in [-0.3, -0.25) is 19.5 Å². The fourth-order valence-corrected chi connectivity index (χ4v) is 5.19. The SMILES string of the molecule is Cc1cc(/C(O)=C2/C(=O)C(=O)N(c3ccc(N4CCN(C)CC4)cc3)C2c2ccncc2)ccc1OC(C)C. The molecule has 1 aromatic heterocycles. The molecule has 39 heavy (non-hydrogen) atoms. The van der Waals surface area contributed by atoms with Gasteiger partial charge < -0.3 is 19.6 Å². The third-order valence-electron chi connectivity index (χ3n) is 7.27. The summed E-state index contributed by atoms with van der Waals surface area (Å²) in [6.45, 7) is 9.61. The van der Waals surface area contributed by atoms with Gasteiger partial charge in [0.2, 0.25) is 0 Å². The number of ether oxygens (including phenoxy) is 1. The van der Waals surface area contributed by atoms with Gasteiger partial charge in [-0.25, -0.2) is 0 Å². The molecule has 8 heteroatoms. The first kappa shape index (κ1) is 26.4. The molecular weight excluding hydrogens is 492 g/mol. The number of aromatic nitrogens is 1. The molecule has 0 radical (unpaired) electrons. The molecule has 2 aromatic carbocycles. The fourth-order valence-electron chi connectivity index (χ4n) is 5.19. The number of likely N-dealkylation sites (N-methyl/N-ethyl adjacent to an activating group) is 1. The molecular formula is C31H34N4O4. The number of rotatable bonds is 6. The summed E-state index contributed by atoms with van der Waals surface area (Å²) >= 11 is 0. The highest BCUT2D eigenvalue weighted by Gasteiger charge is 2.47. The van der Waals surface area contributed by atoms with E-state index < -0.39 is 17.7 Å². The minimum atomic E-state index is -0.797. The molecule has 0 saturated carbocycles. The molecule has 202 valence electrons. The number of hydrogen-bond acceptors (Lipinski definition) is 7. The van der Waals surface area contributed by atoms with E-state index in [0.29, 0.717) is 22.6 Å². The van der Waals surface area contributed by atoms with E-state index in [-0.39, 0.29) is 17.4 Å². The number of carbonyl (C=O) groups excluding carboxylic acids is 2. The van der Waals surface area contributed by atoms with Crippen LogP contribution < -0.4 is 14.5 Å². The summed E-state index contributed by atoms with van der Waals surface area (Å²) in [7, 11) is 2.12. The van der Waals surface area contributed by atoms with Gasteiger partial charge in [0.25, 0.3) is 11.7 Å². The summed E-state index contributed by atoms with van der Waals surface area (Å²) in [5.74, 6) is -0.918. The van der Waals surface area contributed by atoms with Gasteiger partial charge in [-0.1, -0.05) is 0 Å². The van der Waals surface area contributed by atoms with E-state index in [9.17, 15) is 14.7 Å². The molecule has 0 aliphatic carbocycles. The number of Topliss-reactive ketones (excluding diaryl/α,β-unsaturated/α-hetero) is 1. The zero-order chi connectivity index (χ0) is 27.7. The number of carbonyl (C=O) groups is 2. The van der Waals surface area contributed by atoms with Crippen LogP contribution in [-0.4, -0.2) is 66.0 Å². The van der Waals surface area contributed by atoms with E-state index in [0.717, 1.165) is 37.4 Å². The Labute approximate surface area is 229 Å². The van der Waals surface area contributed by atoms with Gasteiger partial charge in [0, 0.05) is 55.5 Å². The van der Waals surface area contributed by atoms with Crippen LogP contribution >= 0.6 is 0 Å². The Morgan fingerprint density at radius 2 is 1.59 bits per heavy atom. The fraction of sp³-hybridized carbons (Fsp3) is 0.323. The van der Waals surface area contributed by atoms with Crippen molar-refractivity contribution in [2.75, 3.05) is 43.0 Å². The average molecular weight is 527 g/mol. The van der Waals surface area contributed by atoms with Gasteiger partial charge in [-0.2, -0.15) is 0 Å². The van der Waals surface area contributed by atoms with E-state index in [1.54, 1.807) is 42.7 Å². The second-order valence-corrected chi connectivity index (χ2v) is 10.4. The number of piperazine rings is 1. The Balaban J connectivity index is 1.55. The summed E-state index contributed by atoms with van der Waals surface area (Å²) in [4.78, 5) is 37.1. The first-order chi connectivity index (χ1) is 18.7. The topological polar surface area (TPSA) is 86.2 Å². The molecule has 3 heterocycles. The number of aryl methyl sites for hydroxylation is 1. The van der Waals surface area contributed by atoms with Gasteiger partial charge in [0.1, 0.15) is 11.5 Å². The van der Waals surface area contributed by atoms with Gasteiger partial charge in [0.15, 0.2) is 0 Å². The molecule has 1 N–H and O–H groups in total. The van der Waals surface area contributed by atoms with Crippen LogP contribution in [0.3, 0.4) is 0 Å². The van der Waals surface area contributed by atoms with E-state index in [1.165, 1.54) is 4.90 Å². The minimum absolute atomic E-state index is 0.00259. The third kappa shape index (κ3) is 5.25. The molecule has 2 aliphatic rings. The van der Waals surface area contributed by atoms with Gasteiger partial charge in [-0.05, 0) is 93.5 Å². The normalized spacial score (nSPS) is 19.7. The van der Waals surface area contributed by atoms with E-state index in [2.05, 4.69) is 21.8 Å². The molecule has 1 atom stereocenters. The number of pyridine rings is 1. The number of ketones is 1. The Bertz CT molecular complexity index is 1390. The van der Waals surface area contributed by atoms with Crippen LogP contribution in [0.1, 0.15) is 36.6 Å². The molecule has 2 aliphatic heterocycles. The highest BCUT2D eigenvalue weighted by Crippen LogP contribution is 2.42. The summed E-state index contributed by atoms with van der Waals surface area (Å²) in [5.41, 5.74) is 3.67. The van der Waals surface area contributed by atoms with Crippen LogP contribution in [0.15, 0.2) is 72.6 Å². The highest BCUT2D eigenvalue weighted by atomic mass is 16.5. The summed E-state index contributed by atoms with van der Waals surface area (Å²) in [6.07, 6.45) is 3.24. The molecule has 0 spiro atoms. The summed E-state index contributed by atoms with van der Waals surface area (Å²) in [6, 6.07) is 15.7. The Kier molecular flexibility index (Phi) is 7.39. The molecule has 2 saturated heterocycles. The number of hydrogen-bond donors (Lipinski definition) is 1. The Morgan fingerprint density at radius 1 is 0.949 bits per heavy atom. The molecule has 8 nitrogen and oxygen atoms in total. The molecule has 3 aromatic rings. The monoisotopic (exact) mass is 526 g/mol. The molecule has 2 fully saturated rings. The van der Waals surface area contributed by atoms with Gasteiger partial charge >= 0.3 is 0 Å². The van der Waals surface area contributed by atoms with Crippen molar-refractivity contribution in [1.29, 1.82) is 0 Å². The van der Waals surface area contributed by atoms with Crippen molar-refractivity contribution in [3.63, 3.8) is 0 Å². The number of anilines is 2. The zero-order valence-electron chi connectivity index (χ0n) is 22.8. The minimum Gasteiger partial charge on any atom is -0.507 e. The average Bonchev–Trinajstić information content (AvgIpc) is 3.20. The number of aliphatic hydroxyl groups is 1. The van der Waals surface area contributed by atoms with Crippen LogP contribution in [0.2, 0.25) is 0 Å². The number of aliphatic hydroxyl groups excluding tert-OH is 1. The number of benzene rings is 2. The van der Waals surface area contributed by atoms with E-state index in [1.807, 2.05) is 45.0 Å². The largest absolute Gasteiger partial charge is 0.507 e. The number of amides is 1. The lowest BCUT2D eigenvalue weighted by molar-refractivity contribution is -0.132. The van der Waals surface area contributed by atoms with Crippen molar-refractivity contribution in [2.24, 2.45) is 0 Å². The van der Waals surface area contributed by atoms with Crippen molar-refractivity contribution >= 4 is 28.8 Å². The van der Waals surface area contributed by atoms with Crippen molar-refractivity contribution < 1.29 is 19.4 Å². The Morgan fingerprint density at radius 3 is 2.21 bits per heavy atom. The predicted molar refractivity (Wildman–Crippen MR) is 152 cm³/mol. The smallest absolute Gasteiger partial charge is 0.300 e. The van der Waals surface area contributed by atoms with Crippen LogP contribution in [-0.2, 0) is 9.59 Å². The zero-order valence-corrected chi connectivity index (χ0v) is 22.8. The van der Waals surface area contributed by atoms with Gasteiger partial charge in [-0.15, -0.1) is 0 Å². The Hall–Kier alpha value is -4.17. The van der Waals surface area contributed by atoms with E-state index >= 15 is 0 Å².